The summed E-state index contributed by atoms with van der Waals surface area (Å²) in [6, 6.07) is 1.09. The molecule has 1 rings (SSSR count). The molecule has 0 saturated heterocycles. The van der Waals surface area contributed by atoms with E-state index in [1.807, 2.05) is 0 Å². The summed E-state index contributed by atoms with van der Waals surface area (Å²) in [7, 11) is -3.37. The van der Waals surface area contributed by atoms with E-state index in [1.54, 1.807) is 11.0 Å². The van der Waals surface area contributed by atoms with Gasteiger partial charge in [0.15, 0.2) is 0 Å². The Hall–Kier alpha value is 0.694. The Balaban J connectivity index is 3.70. The van der Waals surface area contributed by atoms with Crippen molar-refractivity contribution in [1.82, 2.24) is 4.90 Å². The van der Waals surface area contributed by atoms with Crippen LogP contribution in [0.1, 0.15) is 41.0 Å². The van der Waals surface area contributed by atoms with Gasteiger partial charge in [-0.1, -0.05) is 57.4 Å². The lowest BCUT2D eigenvalue weighted by atomic mass is 10.2. The second-order valence-electron chi connectivity index (χ2n) is 9.23. The summed E-state index contributed by atoms with van der Waals surface area (Å²) < 4.78 is 0.344. The summed E-state index contributed by atoms with van der Waals surface area (Å²) in [4.78, 5) is 2.70. The normalized spacial score (nSPS) is 22.4. The van der Waals surface area contributed by atoms with E-state index in [0.717, 1.165) is 6.42 Å². The highest BCUT2D eigenvalue weighted by Crippen LogP contribution is 2.79. The molecule has 1 aliphatic rings. The molecule has 5 heteroatoms. The molecule has 1 nitrogen and oxygen atoms in total. The van der Waals surface area contributed by atoms with E-state index in [9.17, 15) is 0 Å². The first kappa shape index (κ1) is 20.7. The van der Waals surface area contributed by atoms with Crippen molar-refractivity contribution in [2.24, 2.45) is 0 Å². The summed E-state index contributed by atoms with van der Waals surface area (Å²) in [6.07, 6.45) is 1.12. The average Bonchev–Trinajstić information content (AvgIpc) is 2.24. The Bertz CT molecular complexity index is 425. The molecule has 22 heavy (non-hydrogen) atoms. The van der Waals surface area contributed by atoms with E-state index in [0.29, 0.717) is 16.5 Å². The van der Waals surface area contributed by atoms with Crippen LogP contribution in [0.15, 0.2) is 11.0 Å². The second kappa shape index (κ2) is 6.54. The molecule has 0 radical (unpaired) electrons. The van der Waals surface area contributed by atoms with Crippen LogP contribution in [0.3, 0.4) is 0 Å². The third-order valence-corrected chi connectivity index (χ3v) is 23.7. The van der Waals surface area contributed by atoms with E-state index in [2.05, 4.69) is 78.8 Å². The van der Waals surface area contributed by atoms with Crippen molar-refractivity contribution >= 4 is 34.7 Å². The molecule has 0 aromatic carbocycles. The lowest BCUT2D eigenvalue weighted by Gasteiger charge is -2.66. The predicted molar refractivity (Wildman–Crippen MR) is 112 cm³/mol. The van der Waals surface area contributed by atoms with Crippen LogP contribution in [0.2, 0.25) is 39.3 Å². The highest BCUT2D eigenvalue weighted by Gasteiger charge is 2.67. The van der Waals surface area contributed by atoms with Gasteiger partial charge in [-0.05, 0) is 39.4 Å². The van der Waals surface area contributed by atoms with Crippen LogP contribution in [0.4, 0.5) is 0 Å². The Morgan fingerprint density at radius 1 is 0.955 bits per heavy atom. The zero-order valence-electron chi connectivity index (χ0n) is 16.6. The monoisotopic (exact) mass is 377 g/mol. The summed E-state index contributed by atoms with van der Waals surface area (Å²) in [6.45, 7) is 27.0. The maximum Gasteiger partial charge on any atom is 0.0614 e. The molecule has 0 saturated carbocycles. The molecule has 0 aromatic heterocycles. The highest BCUT2D eigenvalue weighted by atomic mass is 35.7. The Labute approximate surface area is 147 Å². The molecule has 0 amide bonds. The first-order valence-electron chi connectivity index (χ1n) is 8.73. The van der Waals surface area contributed by atoms with Gasteiger partial charge in [0.05, 0.1) is 16.1 Å². The molecule has 0 spiro atoms. The molecule has 0 aliphatic carbocycles. The average molecular weight is 378 g/mol. The van der Waals surface area contributed by atoms with Gasteiger partial charge in [-0.15, -0.1) is 0 Å². The number of hydrogen-bond donors (Lipinski definition) is 0. The van der Waals surface area contributed by atoms with Crippen LogP contribution in [0.25, 0.3) is 0 Å². The molecule has 0 N–H and O–H groups in total. The van der Waals surface area contributed by atoms with E-state index >= 15 is 0 Å². The van der Waals surface area contributed by atoms with Crippen LogP contribution in [-0.4, -0.2) is 37.5 Å². The van der Waals surface area contributed by atoms with Crippen molar-refractivity contribution in [3.8, 4) is 0 Å². The molecule has 0 fully saturated rings. The SMILES string of the molecule is CCC1=C(N(C(C)C)C(C)C)C([Si](C)(C)C)([Si](C)(C)C)P1Cl. The van der Waals surface area contributed by atoms with Crippen molar-refractivity contribution in [3.63, 3.8) is 0 Å². The van der Waals surface area contributed by atoms with Gasteiger partial charge >= 0.3 is 0 Å². The zero-order valence-corrected chi connectivity index (χ0v) is 20.3. The van der Waals surface area contributed by atoms with Gasteiger partial charge in [0, 0.05) is 29.5 Å². The van der Waals surface area contributed by atoms with E-state index in [-0.39, 0.29) is 0 Å². The smallest absolute Gasteiger partial charge is 0.0614 e. The molecule has 130 valence electrons. The second-order valence-corrected chi connectivity index (χ2v) is 23.9. The summed E-state index contributed by atoms with van der Waals surface area (Å²) in [5.41, 5.74) is 1.68. The minimum Gasteiger partial charge on any atom is -0.369 e. The maximum absolute atomic E-state index is 7.21. The van der Waals surface area contributed by atoms with Gasteiger partial charge in [0.2, 0.25) is 0 Å². The first-order valence-corrected chi connectivity index (χ1v) is 18.0. The van der Waals surface area contributed by atoms with Crippen molar-refractivity contribution in [3.05, 3.63) is 11.0 Å². The molecule has 1 unspecified atom stereocenters. The number of allylic oxidation sites excluding steroid dienone is 2. The van der Waals surface area contributed by atoms with Gasteiger partial charge in [-0.2, -0.15) is 0 Å². The topological polar surface area (TPSA) is 3.24 Å². The predicted octanol–water partition coefficient (Wildman–Crippen LogP) is 6.87. The lowest BCUT2D eigenvalue weighted by Crippen LogP contribution is -2.72. The highest BCUT2D eigenvalue weighted by molar-refractivity contribution is 7.94. The zero-order chi connectivity index (χ0) is 17.7. The fourth-order valence-corrected chi connectivity index (χ4v) is 28.3. The number of hydrogen-bond acceptors (Lipinski definition) is 1. The van der Waals surface area contributed by atoms with Crippen molar-refractivity contribution in [2.75, 3.05) is 0 Å². The van der Waals surface area contributed by atoms with Crippen LogP contribution >= 0.6 is 18.5 Å². The summed E-state index contributed by atoms with van der Waals surface area (Å²) >= 11 is 7.21. The molecule has 1 aliphatic heterocycles. The molecular formula is C17H37ClNPSi2. The van der Waals surface area contributed by atoms with Crippen molar-refractivity contribution < 1.29 is 0 Å². The third kappa shape index (κ3) is 2.89. The fourth-order valence-electron chi connectivity index (χ4n) is 4.72. The molecule has 0 aromatic rings. The van der Waals surface area contributed by atoms with Crippen LogP contribution in [-0.2, 0) is 0 Å². The van der Waals surface area contributed by atoms with E-state index < -0.39 is 23.4 Å². The van der Waals surface area contributed by atoms with Gasteiger partial charge in [-0.25, -0.2) is 0 Å². The minimum atomic E-state index is -1.44. The van der Waals surface area contributed by atoms with Gasteiger partial charge in [0.25, 0.3) is 0 Å². The quantitative estimate of drug-likeness (QED) is 0.360. The van der Waals surface area contributed by atoms with E-state index in [4.69, 9.17) is 11.2 Å². The third-order valence-electron chi connectivity index (χ3n) is 5.02. The minimum absolute atomic E-state index is 0.344. The number of rotatable bonds is 6. The Kier molecular flexibility index (Phi) is 6.16. The Morgan fingerprint density at radius 2 is 1.32 bits per heavy atom. The number of nitrogens with zero attached hydrogens (tertiary/aromatic N) is 1. The fraction of sp³-hybridized carbons (Fsp3) is 0.882. The number of halogens is 1. The maximum atomic E-state index is 7.21. The van der Waals surface area contributed by atoms with Gasteiger partial charge in [0.1, 0.15) is 0 Å². The molecule has 1 heterocycles. The van der Waals surface area contributed by atoms with Crippen LogP contribution in [0, 0.1) is 0 Å². The lowest BCUT2D eigenvalue weighted by molar-refractivity contribution is 0.221. The largest absolute Gasteiger partial charge is 0.369 e. The summed E-state index contributed by atoms with van der Waals surface area (Å²) in [5, 5.41) is 1.59. The Morgan fingerprint density at radius 3 is 1.55 bits per heavy atom. The van der Waals surface area contributed by atoms with Crippen LogP contribution < -0.4 is 0 Å². The van der Waals surface area contributed by atoms with Gasteiger partial charge < -0.3 is 4.90 Å². The van der Waals surface area contributed by atoms with E-state index in [1.165, 1.54) is 0 Å². The first-order chi connectivity index (χ1) is 9.75. The molecule has 1 atom stereocenters. The summed E-state index contributed by atoms with van der Waals surface area (Å²) in [5.74, 6) is 0. The van der Waals surface area contributed by atoms with Crippen molar-refractivity contribution in [1.29, 1.82) is 0 Å². The van der Waals surface area contributed by atoms with Crippen molar-refractivity contribution in [2.45, 2.75) is 96.8 Å². The van der Waals surface area contributed by atoms with Crippen LogP contribution in [0.5, 0.6) is 0 Å². The molecular weight excluding hydrogens is 341 g/mol. The molecule has 0 bridgehead atoms. The van der Waals surface area contributed by atoms with Gasteiger partial charge in [-0.3, -0.25) is 0 Å². The standard InChI is InChI=1S/C17H37ClNPSi2/c1-12-15-16(19(13(2)3)14(4)5)17(20(15)18,21(6,7)8)22(9,10)11/h13-14H,12H2,1-11H3.